The van der Waals surface area contributed by atoms with Gasteiger partial charge in [0.15, 0.2) is 0 Å². The smallest absolute Gasteiger partial charge is 0.149 e. The van der Waals surface area contributed by atoms with Gasteiger partial charge in [-0.05, 0) is 19.3 Å². The van der Waals surface area contributed by atoms with Crippen LogP contribution in [-0.2, 0) is 29.3 Å². The van der Waals surface area contributed by atoms with Crippen molar-refractivity contribution >= 4 is 9.84 Å². The number of aromatic nitrogens is 2. The third-order valence-electron chi connectivity index (χ3n) is 3.20. The molecule has 1 aromatic rings. The van der Waals surface area contributed by atoms with Crippen LogP contribution in [0.3, 0.4) is 0 Å². The highest BCUT2D eigenvalue weighted by Gasteiger charge is 2.21. The first-order valence-electron chi connectivity index (χ1n) is 6.44. The zero-order chi connectivity index (χ0) is 13.2. The van der Waals surface area contributed by atoms with Gasteiger partial charge in [-0.15, -0.1) is 0 Å². The van der Waals surface area contributed by atoms with Gasteiger partial charge in [-0.25, -0.2) is 8.42 Å². The van der Waals surface area contributed by atoms with Gasteiger partial charge in [0.2, 0.25) is 0 Å². The molecule has 0 unspecified atom stereocenters. The van der Waals surface area contributed by atoms with Crippen molar-refractivity contribution in [3.8, 4) is 0 Å². The van der Waals surface area contributed by atoms with Gasteiger partial charge >= 0.3 is 0 Å². The SMILES string of the molecule is CCc1c(CNC2CC2)cnn1CCS(C)(=O)=O. The molecule has 5 nitrogen and oxygen atoms in total. The van der Waals surface area contributed by atoms with E-state index in [0.717, 1.165) is 18.7 Å². The normalized spacial score (nSPS) is 16.1. The van der Waals surface area contributed by atoms with Crippen LogP contribution >= 0.6 is 0 Å². The van der Waals surface area contributed by atoms with E-state index < -0.39 is 9.84 Å². The minimum atomic E-state index is -2.93. The molecule has 0 aliphatic heterocycles. The maximum Gasteiger partial charge on any atom is 0.149 e. The van der Waals surface area contributed by atoms with Crippen molar-refractivity contribution in [2.24, 2.45) is 0 Å². The van der Waals surface area contributed by atoms with Crippen LogP contribution in [0.25, 0.3) is 0 Å². The van der Waals surface area contributed by atoms with E-state index in [-0.39, 0.29) is 5.75 Å². The minimum absolute atomic E-state index is 0.150. The van der Waals surface area contributed by atoms with Gasteiger partial charge in [0, 0.05) is 30.1 Å². The molecule has 2 rings (SSSR count). The van der Waals surface area contributed by atoms with Gasteiger partial charge in [-0.1, -0.05) is 6.92 Å². The third kappa shape index (κ3) is 3.81. The maximum atomic E-state index is 11.2. The molecule has 0 aromatic carbocycles. The molecular weight excluding hydrogens is 250 g/mol. The average Bonchev–Trinajstić information content (AvgIpc) is 3.03. The Hall–Kier alpha value is -0.880. The van der Waals surface area contributed by atoms with Crippen LogP contribution in [0.5, 0.6) is 0 Å². The average molecular weight is 271 g/mol. The number of sulfone groups is 1. The van der Waals surface area contributed by atoms with Crippen molar-refractivity contribution in [1.82, 2.24) is 15.1 Å². The molecule has 1 aromatic heterocycles. The third-order valence-corrected chi connectivity index (χ3v) is 4.13. The molecule has 6 heteroatoms. The van der Waals surface area contributed by atoms with E-state index >= 15 is 0 Å². The summed E-state index contributed by atoms with van der Waals surface area (Å²) in [6.07, 6.45) is 6.53. The number of nitrogens with one attached hydrogen (secondary N) is 1. The van der Waals surface area contributed by atoms with Gasteiger partial charge in [0.05, 0.1) is 18.5 Å². The van der Waals surface area contributed by atoms with E-state index in [0.29, 0.717) is 12.6 Å². The zero-order valence-electron chi connectivity index (χ0n) is 11.0. The topological polar surface area (TPSA) is 64.0 Å². The number of hydrogen-bond donors (Lipinski definition) is 1. The molecular formula is C12H21N3O2S. The Morgan fingerprint density at radius 2 is 2.22 bits per heavy atom. The van der Waals surface area contributed by atoms with E-state index in [4.69, 9.17) is 0 Å². The predicted octanol–water partition coefficient (Wildman–Crippen LogP) is 0.742. The lowest BCUT2D eigenvalue weighted by Crippen LogP contribution is -2.17. The summed E-state index contributed by atoms with van der Waals surface area (Å²) in [6, 6.07) is 0.675. The van der Waals surface area contributed by atoms with Crippen molar-refractivity contribution in [3.63, 3.8) is 0 Å². The lowest BCUT2D eigenvalue weighted by molar-refractivity contribution is 0.577. The fourth-order valence-electron chi connectivity index (χ4n) is 1.99. The van der Waals surface area contributed by atoms with E-state index in [9.17, 15) is 8.42 Å². The highest BCUT2D eigenvalue weighted by atomic mass is 32.2. The van der Waals surface area contributed by atoms with E-state index in [1.807, 2.05) is 10.9 Å². The van der Waals surface area contributed by atoms with E-state index in [1.54, 1.807) is 0 Å². The molecule has 0 radical (unpaired) electrons. The summed E-state index contributed by atoms with van der Waals surface area (Å²) in [5.74, 6) is 0.150. The summed E-state index contributed by atoms with van der Waals surface area (Å²) in [5, 5.41) is 7.76. The quantitative estimate of drug-likeness (QED) is 0.794. The van der Waals surface area contributed by atoms with Crippen molar-refractivity contribution in [3.05, 3.63) is 17.5 Å². The lowest BCUT2D eigenvalue weighted by atomic mass is 10.2. The van der Waals surface area contributed by atoms with Gasteiger partial charge in [0.1, 0.15) is 9.84 Å². The number of rotatable bonds is 7. The number of hydrogen-bond acceptors (Lipinski definition) is 4. The summed E-state index contributed by atoms with van der Waals surface area (Å²) < 4.78 is 24.2. The molecule has 0 spiro atoms. The first-order valence-corrected chi connectivity index (χ1v) is 8.50. The molecule has 1 fully saturated rings. The van der Waals surface area contributed by atoms with Crippen LogP contribution in [0, 0.1) is 0 Å². The second kappa shape index (κ2) is 5.40. The van der Waals surface area contributed by atoms with Gasteiger partial charge in [-0.2, -0.15) is 5.10 Å². The highest BCUT2D eigenvalue weighted by Crippen LogP contribution is 2.20. The Kier molecular flexibility index (Phi) is 4.07. The molecule has 0 atom stereocenters. The van der Waals surface area contributed by atoms with Crippen molar-refractivity contribution < 1.29 is 8.42 Å². The Labute approximate surface area is 108 Å². The van der Waals surface area contributed by atoms with Gasteiger partial charge in [0.25, 0.3) is 0 Å². The largest absolute Gasteiger partial charge is 0.310 e. The molecule has 0 saturated heterocycles. The first-order chi connectivity index (χ1) is 8.49. The maximum absolute atomic E-state index is 11.2. The molecule has 1 saturated carbocycles. The monoisotopic (exact) mass is 271 g/mol. The molecule has 1 aliphatic rings. The van der Waals surface area contributed by atoms with Crippen LogP contribution in [-0.4, -0.2) is 36.2 Å². The van der Waals surface area contributed by atoms with Crippen LogP contribution in [0.1, 0.15) is 31.0 Å². The summed E-state index contributed by atoms with van der Waals surface area (Å²) in [7, 11) is -2.93. The molecule has 1 N–H and O–H groups in total. The molecule has 102 valence electrons. The van der Waals surface area contributed by atoms with E-state index in [1.165, 1.54) is 24.7 Å². The van der Waals surface area contributed by atoms with Crippen molar-refractivity contribution in [2.75, 3.05) is 12.0 Å². The fraction of sp³-hybridized carbons (Fsp3) is 0.750. The lowest BCUT2D eigenvalue weighted by Gasteiger charge is -2.08. The summed E-state index contributed by atoms with van der Waals surface area (Å²) in [4.78, 5) is 0. The number of nitrogens with zero attached hydrogens (tertiary/aromatic N) is 2. The second-order valence-corrected chi connectivity index (χ2v) is 7.24. The van der Waals surface area contributed by atoms with Crippen LogP contribution < -0.4 is 5.32 Å². The van der Waals surface area contributed by atoms with Crippen molar-refractivity contribution in [1.29, 1.82) is 0 Å². The molecule has 0 bridgehead atoms. The Morgan fingerprint density at radius 3 is 2.78 bits per heavy atom. The van der Waals surface area contributed by atoms with Crippen LogP contribution in [0.15, 0.2) is 6.20 Å². The standard InChI is InChI=1S/C12H21N3O2S/c1-3-12-10(8-13-11-4-5-11)9-14-15(12)6-7-18(2,16)17/h9,11,13H,3-8H2,1-2H3. The summed E-state index contributed by atoms with van der Waals surface area (Å²) >= 11 is 0. The van der Waals surface area contributed by atoms with E-state index in [2.05, 4.69) is 17.3 Å². The van der Waals surface area contributed by atoms with Gasteiger partial charge < -0.3 is 5.32 Å². The van der Waals surface area contributed by atoms with Crippen LogP contribution in [0.2, 0.25) is 0 Å². The zero-order valence-corrected chi connectivity index (χ0v) is 11.8. The summed E-state index contributed by atoms with van der Waals surface area (Å²) in [6.45, 7) is 3.37. The first kappa shape index (κ1) is 13.5. The molecule has 0 amide bonds. The summed E-state index contributed by atoms with van der Waals surface area (Å²) in [5.41, 5.74) is 2.34. The molecule has 1 heterocycles. The molecule has 1 aliphatic carbocycles. The highest BCUT2D eigenvalue weighted by molar-refractivity contribution is 7.90. The van der Waals surface area contributed by atoms with Crippen molar-refractivity contribution in [2.45, 2.75) is 45.3 Å². The predicted molar refractivity (Wildman–Crippen MR) is 71.2 cm³/mol. The fourth-order valence-corrected chi connectivity index (χ4v) is 2.50. The second-order valence-electron chi connectivity index (χ2n) is 4.98. The van der Waals surface area contributed by atoms with Gasteiger partial charge in [-0.3, -0.25) is 4.68 Å². The van der Waals surface area contributed by atoms with Crippen LogP contribution in [0.4, 0.5) is 0 Å². The Balaban J connectivity index is 2.00. The molecule has 18 heavy (non-hydrogen) atoms. The number of aryl methyl sites for hydroxylation is 1. The Bertz CT molecular complexity index is 503. The minimum Gasteiger partial charge on any atom is -0.310 e. The Morgan fingerprint density at radius 1 is 1.50 bits per heavy atom.